The molecule has 5 rings (SSSR count). The summed E-state index contributed by atoms with van der Waals surface area (Å²) in [6.45, 7) is 1.93. The Morgan fingerprint density at radius 1 is 0.828 bits per heavy atom. The Kier molecular flexibility index (Phi) is 4.97. The van der Waals surface area contributed by atoms with Gasteiger partial charge in [0.2, 0.25) is 0 Å². The van der Waals surface area contributed by atoms with Gasteiger partial charge in [0.1, 0.15) is 12.6 Å². The van der Waals surface area contributed by atoms with Crippen molar-refractivity contribution in [2.75, 3.05) is 6.54 Å². The zero-order valence-electron chi connectivity index (χ0n) is 16.5. The first kappa shape index (κ1) is 17.9. The molecule has 1 aromatic heterocycles. The minimum Gasteiger partial charge on any atom is -0.361 e. The van der Waals surface area contributed by atoms with Gasteiger partial charge in [-0.3, -0.25) is 5.32 Å². The fourth-order valence-electron chi connectivity index (χ4n) is 4.10. The van der Waals surface area contributed by atoms with E-state index in [1.54, 1.807) is 0 Å². The van der Waals surface area contributed by atoms with Gasteiger partial charge in [0.15, 0.2) is 12.8 Å². The summed E-state index contributed by atoms with van der Waals surface area (Å²) in [5.41, 5.74) is 5.31. The molecule has 2 heterocycles. The van der Waals surface area contributed by atoms with E-state index in [0.717, 1.165) is 19.5 Å². The molecule has 29 heavy (non-hydrogen) atoms. The Balaban J connectivity index is 1.34. The molecule has 0 radical (unpaired) electrons. The van der Waals surface area contributed by atoms with Crippen LogP contribution in [0.25, 0.3) is 10.9 Å². The topological polar surface area (TPSA) is 40.7 Å². The van der Waals surface area contributed by atoms with Crippen LogP contribution in [0, 0.1) is 0 Å². The van der Waals surface area contributed by atoms with Crippen LogP contribution in [0.2, 0.25) is 0 Å². The molecule has 0 saturated carbocycles. The van der Waals surface area contributed by atoms with Crippen molar-refractivity contribution in [1.82, 2.24) is 10.3 Å². The lowest BCUT2D eigenvalue weighted by Crippen LogP contribution is -2.19. The highest BCUT2D eigenvalue weighted by Gasteiger charge is 2.39. The van der Waals surface area contributed by atoms with Gasteiger partial charge in [-0.15, -0.1) is 0 Å². The third-order valence-corrected chi connectivity index (χ3v) is 5.72. The first-order valence-electron chi connectivity index (χ1n) is 10.4. The maximum atomic E-state index is 3.62. The van der Waals surface area contributed by atoms with Crippen molar-refractivity contribution in [3.63, 3.8) is 0 Å². The van der Waals surface area contributed by atoms with Crippen molar-refractivity contribution in [2.45, 2.75) is 25.0 Å². The molecule has 144 valence electrons. The number of nitrogens with zero attached hydrogens (tertiary/aromatic N) is 1. The molecule has 0 spiro atoms. The Labute approximate surface area is 171 Å². The van der Waals surface area contributed by atoms with E-state index in [1.165, 1.54) is 27.6 Å². The molecule has 3 aromatic carbocycles. The summed E-state index contributed by atoms with van der Waals surface area (Å²) >= 11 is 0. The summed E-state index contributed by atoms with van der Waals surface area (Å²) in [5, 5.41) is 4.95. The van der Waals surface area contributed by atoms with Crippen LogP contribution in [0.5, 0.6) is 0 Å². The lowest BCUT2D eigenvalue weighted by atomic mass is 10.1. The summed E-state index contributed by atoms with van der Waals surface area (Å²) in [7, 11) is 0. The third-order valence-electron chi connectivity index (χ3n) is 5.72. The highest BCUT2D eigenvalue weighted by Crippen LogP contribution is 2.28. The Morgan fingerprint density at radius 2 is 1.55 bits per heavy atom. The van der Waals surface area contributed by atoms with Crippen molar-refractivity contribution in [3.8, 4) is 0 Å². The summed E-state index contributed by atoms with van der Waals surface area (Å²) in [4.78, 5) is 3.40. The van der Waals surface area contributed by atoms with Gasteiger partial charge in [0, 0.05) is 29.1 Å². The summed E-state index contributed by atoms with van der Waals surface area (Å²) in [6, 6.07) is 30.9. The second-order valence-electron chi connectivity index (χ2n) is 7.80. The van der Waals surface area contributed by atoms with E-state index in [2.05, 4.69) is 112 Å². The Hall–Kier alpha value is -3.17. The molecule has 3 heteroatoms. The second kappa shape index (κ2) is 8.06. The van der Waals surface area contributed by atoms with Crippen molar-refractivity contribution < 1.29 is 4.58 Å². The average Bonchev–Trinajstić information content (AvgIpc) is 3.42. The lowest BCUT2D eigenvalue weighted by molar-refractivity contribution is -0.539. The number of benzene rings is 3. The molecule has 2 atom stereocenters. The Morgan fingerprint density at radius 3 is 2.38 bits per heavy atom. The quantitative estimate of drug-likeness (QED) is 0.272. The van der Waals surface area contributed by atoms with Crippen LogP contribution >= 0.6 is 0 Å². The average molecular weight is 381 g/mol. The van der Waals surface area contributed by atoms with Crippen LogP contribution in [0.1, 0.15) is 22.7 Å². The molecule has 1 unspecified atom stereocenters. The largest absolute Gasteiger partial charge is 0.361 e. The molecule has 0 bridgehead atoms. The number of aromatic amines is 1. The molecule has 0 aliphatic carbocycles. The molecule has 3 nitrogen and oxygen atoms in total. The van der Waals surface area contributed by atoms with Crippen LogP contribution in [-0.2, 0) is 13.0 Å². The van der Waals surface area contributed by atoms with Gasteiger partial charge in [-0.05, 0) is 17.2 Å². The van der Waals surface area contributed by atoms with Crippen molar-refractivity contribution in [2.24, 2.45) is 0 Å². The van der Waals surface area contributed by atoms with Crippen molar-refractivity contribution in [3.05, 3.63) is 108 Å². The van der Waals surface area contributed by atoms with E-state index in [-0.39, 0.29) is 0 Å². The van der Waals surface area contributed by atoms with E-state index < -0.39 is 0 Å². The molecule has 4 aromatic rings. The zero-order valence-corrected chi connectivity index (χ0v) is 16.5. The van der Waals surface area contributed by atoms with Crippen LogP contribution in [0.3, 0.4) is 0 Å². The lowest BCUT2D eigenvalue weighted by Gasteiger charge is -2.05. The molecule has 1 saturated heterocycles. The van der Waals surface area contributed by atoms with Crippen LogP contribution in [0.4, 0.5) is 0 Å². The normalized spacial score (nSPS) is 18.8. The fraction of sp³-hybridized carbons (Fsp3) is 0.192. The number of nitrogens with one attached hydrogen (secondary N) is 2. The van der Waals surface area contributed by atoms with E-state index in [0.29, 0.717) is 12.1 Å². The number of aromatic nitrogens is 1. The number of para-hydroxylation sites is 1. The Bertz CT molecular complexity index is 1110. The highest BCUT2D eigenvalue weighted by molar-refractivity contribution is 5.83. The van der Waals surface area contributed by atoms with Gasteiger partial charge < -0.3 is 4.98 Å². The first-order chi connectivity index (χ1) is 14.4. The summed E-state index contributed by atoms with van der Waals surface area (Å²) in [6.07, 6.45) is 5.57. The maximum absolute atomic E-state index is 3.62. The van der Waals surface area contributed by atoms with Crippen LogP contribution < -0.4 is 5.32 Å². The molecule has 0 amide bonds. The van der Waals surface area contributed by atoms with Crippen LogP contribution in [-0.4, -0.2) is 28.4 Å². The van der Waals surface area contributed by atoms with E-state index >= 15 is 0 Å². The van der Waals surface area contributed by atoms with Gasteiger partial charge >= 0.3 is 0 Å². The van der Waals surface area contributed by atoms with Gasteiger partial charge in [0.05, 0.1) is 6.04 Å². The molecular weight excluding hydrogens is 354 g/mol. The van der Waals surface area contributed by atoms with E-state index in [9.17, 15) is 0 Å². The minimum atomic E-state index is 0.407. The van der Waals surface area contributed by atoms with Gasteiger partial charge in [-0.2, -0.15) is 0 Å². The molecule has 1 aliphatic rings. The van der Waals surface area contributed by atoms with Crippen molar-refractivity contribution >= 4 is 17.1 Å². The van der Waals surface area contributed by atoms with E-state index in [1.807, 2.05) is 0 Å². The molecular formula is C26H26N3+. The molecule has 2 N–H and O–H groups in total. The second-order valence-corrected chi connectivity index (χ2v) is 7.80. The number of fused-ring (bicyclic) bond motifs is 1. The number of H-pyrrole nitrogens is 1. The van der Waals surface area contributed by atoms with Gasteiger partial charge in [0.25, 0.3) is 0 Å². The fourth-order valence-corrected chi connectivity index (χ4v) is 4.10. The molecule has 1 aliphatic heterocycles. The first-order valence-corrected chi connectivity index (χ1v) is 10.4. The minimum absolute atomic E-state index is 0.407. The number of hydrogen-bond donors (Lipinski definition) is 2. The van der Waals surface area contributed by atoms with E-state index in [4.69, 9.17) is 0 Å². The zero-order chi connectivity index (χ0) is 19.5. The van der Waals surface area contributed by atoms with Gasteiger partial charge in [-0.25, -0.2) is 4.58 Å². The number of hydrogen-bond acceptors (Lipinski definition) is 1. The predicted molar refractivity (Wildman–Crippen MR) is 119 cm³/mol. The highest BCUT2D eigenvalue weighted by atomic mass is 15.2. The number of rotatable bonds is 7. The monoisotopic (exact) mass is 380 g/mol. The maximum Gasteiger partial charge on any atom is 0.167 e. The van der Waals surface area contributed by atoms with Crippen LogP contribution in [0.15, 0.2) is 91.1 Å². The SMILES string of the molecule is C(C1N[C@@H]1c1ccccc1)=[N+](CCc1c[nH]c2ccccc12)Cc1ccccc1. The molecule has 1 fully saturated rings. The summed E-state index contributed by atoms with van der Waals surface area (Å²) < 4.78 is 2.47. The standard InChI is InChI=1S/C26H26N3/c1-3-9-20(10-4-1)18-29(19-25-26(28-25)21-11-5-2-6-12-21)16-15-22-17-27-24-14-8-7-13-23(22)24/h1-14,17,19,25-28H,15-16,18H2/q+1/t25?,26-/m1/s1. The van der Waals surface area contributed by atoms with Gasteiger partial charge in [-0.1, -0.05) is 78.9 Å². The predicted octanol–water partition coefficient (Wildman–Crippen LogP) is 4.71. The summed E-state index contributed by atoms with van der Waals surface area (Å²) in [5.74, 6) is 0. The van der Waals surface area contributed by atoms with Crippen molar-refractivity contribution in [1.29, 1.82) is 0 Å². The third kappa shape index (κ3) is 4.15. The smallest absolute Gasteiger partial charge is 0.167 e.